The predicted molar refractivity (Wildman–Crippen MR) is 86.6 cm³/mol. The van der Waals surface area contributed by atoms with Gasteiger partial charge in [0.15, 0.2) is 4.84 Å². The Kier molecular flexibility index (Phi) is 8.48. The highest BCUT2D eigenvalue weighted by atomic mass is 35.5. The molecule has 0 saturated carbocycles. The summed E-state index contributed by atoms with van der Waals surface area (Å²) in [7, 11) is 1.73. The third-order valence-electron chi connectivity index (χ3n) is 2.92. The molecule has 0 aromatic heterocycles. The van der Waals surface area contributed by atoms with Crippen molar-refractivity contribution in [3.63, 3.8) is 0 Å². The number of carbonyl (C=O) groups excluding carboxylic acids is 2. The molecule has 23 heavy (non-hydrogen) atoms. The highest BCUT2D eigenvalue weighted by Crippen LogP contribution is 2.10. The second kappa shape index (κ2) is 10.1. The van der Waals surface area contributed by atoms with E-state index in [0.717, 1.165) is 0 Å². The molecule has 1 amide bonds. The van der Waals surface area contributed by atoms with Crippen LogP contribution >= 0.6 is 23.2 Å². The van der Waals surface area contributed by atoms with Gasteiger partial charge in [0.2, 0.25) is 0 Å². The topological polar surface area (TPSA) is 58.6 Å². The Hall–Kier alpha value is -1.75. The van der Waals surface area contributed by atoms with E-state index in [-0.39, 0.29) is 18.9 Å². The Morgan fingerprint density at radius 3 is 3.00 bits per heavy atom. The van der Waals surface area contributed by atoms with Crippen LogP contribution in [0.3, 0.4) is 0 Å². The molecule has 1 aliphatic carbocycles. The fourth-order valence-corrected chi connectivity index (χ4v) is 1.93. The summed E-state index contributed by atoms with van der Waals surface area (Å²) >= 11 is 10.9. The van der Waals surface area contributed by atoms with Crippen LogP contribution in [0.15, 0.2) is 41.6 Å². The molecular formula is C15H17Cl2FN2O3. The summed E-state index contributed by atoms with van der Waals surface area (Å²) in [6.07, 6.45) is 6.08. The number of alkyl halides is 2. The molecule has 0 heterocycles. The van der Waals surface area contributed by atoms with Crippen molar-refractivity contribution in [2.24, 2.45) is 0 Å². The van der Waals surface area contributed by atoms with Crippen molar-refractivity contribution < 1.29 is 18.7 Å². The van der Waals surface area contributed by atoms with E-state index in [1.54, 1.807) is 24.1 Å². The first-order chi connectivity index (χ1) is 10.9. The van der Waals surface area contributed by atoms with Gasteiger partial charge < -0.3 is 15.0 Å². The van der Waals surface area contributed by atoms with Gasteiger partial charge in [-0.1, -0.05) is 35.0 Å². The maximum absolute atomic E-state index is 13.3. The summed E-state index contributed by atoms with van der Waals surface area (Å²) in [6.45, 7) is 0.608. The minimum atomic E-state index is -1.20. The molecule has 0 fully saturated rings. The summed E-state index contributed by atoms with van der Waals surface area (Å²) < 4.78 is 18.2. The van der Waals surface area contributed by atoms with Gasteiger partial charge in [0, 0.05) is 13.1 Å². The van der Waals surface area contributed by atoms with Gasteiger partial charge in [-0.2, -0.15) is 0 Å². The molecule has 5 nitrogen and oxygen atoms in total. The maximum atomic E-state index is 13.3. The third kappa shape index (κ3) is 7.37. The van der Waals surface area contributed by atoms with E-state index in [2.05, 4.69) is 11.0 Å². The van der Waals surface area contributed by atoms with Crippen molar-refractivity contribution in [2.75, 3.05) is 20.1 Å². The van der Waals surface area contributed by atoms with Crippen molar-refractivity contribution >= 4 is 35.6 Å². The standard InChI is InChI=1S/C15H17Cl2FN2O3/c1-20(12-5-3-2-4-11(18)6-7-12)9-13(23-10-21)8-19-15(22)14(16)17/h3-6,10,13-14H,2,8-9H2,1H3,(H,19,22)/b5-3-,11-4+. The molecule has 0 aliphatic heterocycles. The molecule has 1 aliphatic rings. The van der Waals surface area contributed by atoms with Crippen molar-refractivity contribution in [3.8, 4) is 0 Å². The van der Waals surface area contributed by atoms with E-state index in [1.165, 1.54) is 12.2 Å². The monoisotopic (exact) mass is 362 g/mol. The number of likely N-dealkylation sites (N-methyl/N-ethyl adjacent to an activating group) is 1. The molecule has 1 N–H and O–H groups in total. The van der Waals surface area contributed by atoms with Gasteiger partial charge in [0.1, 0.15) is 11.9 Å². The zero-order valence-electron chi connectivity index (χ0n) is 12.5. The summed E-state index contributed by atoms with van der Waals surface area (Å²) in [4.78, 5) is 22.5. The fourth-order valence-electron chi connectivity index (χ4n) is 1.78. The van der Waals surface area contributed by atoms with E-state index in [4.69, 9.17) is 27.9 Å². The van der Waals surface area contributed by atoms with Crippen molar-refractivity contribution in [1.82, 2.24) is 10.2 Å². The van der Waals surface area contributed by atoms with Crippen LogP contribution in [0.2, 0.25) is 0 Å². The minimum Gasteiger partial charge on any atom is -0.461 e. The Morgan fingerprint density at radius 1 is 1.61 bits per heavy atom. The molecule has 8 heteroatoms. The Bertz CT molecular complexity index is 555. The normalized spacial score (nSPS) is 18.8. The molecule has 0 saturated heterocycles. The zero-order valence-corrected chi connectivity index (χ0v) is 14.0. The van der Waals surface area contributed by atoms with Gasteiger partial charge in [-0.05, 0) is 18.6 Å². The van der Waals surface area contributed by atoms with Crippen LogP contribution in [0, 0.1) is 0 Å². The molecular weight excluding hydrogens is 346 g/mol. The first-order valence-corrected chi connectivity index (χ1v) is 7.66. The van der Waals surface area contributed by atoms with E-state index in [9.17, 15) is 14.0 Å². The largest absolute Gasteiger partial charge is 0.461 e. The lowest BCUT2D eigenvalue weighted by Gasteiger charge is -2.25. The first-order valence-electron chi connectivity index (χ1n) is 6.79. The summed E-state index contributed by atoms with van der Waals surface area (Å²) in [6, 6.07) is 0. The van der Waals surface area contributed by atoms with E-state index in [1.807, 2.05) is 0 Å². The number of allylic oxidation sites excluding steroid dienone is 4. The van der Waals surface area contributed by atoms with Crippen LogP contribution in [0.1, 0.15) is 6.42 Å². The molecule has 1 unspecified atom stereocenters. The number of carbonyl (C=O) groups is 2. The summed E-state index contributed by atoms with van der Waals surface area (Å²) in [5, 5.41) is 2.47. The molecule has 0 radical (unpaired) electrons. The van der Waals surface area contributed by atoms with Gasteiger partial charge in [-0.25, -0.2) is 4.39 Å². The van der Waals surface area contributed by atoms with Crippen molar-refractivity contribution in [1.29, 1.82) is 0 Å². The number of nitrogens with one attached hydrogen (secondary N) is 1. The lowest BCUT2D eigenvalue weighted by atomic mass is 10.2. The fraction of sp³-hybridized carbons (Fsp3) is 0.400. The SMILES string of the molecule is CN(CC(CNC(=O)C(Cl)Cl)OC=O)C1=C=C/C(F)=C\C/C=C\1. The maximum Gasteiger partial charge on any atom is 0.293 e. The number of amides is 1. The predicted octanol–water partition coefficient (Wildman–Crippen LogP) is 2.23. The van der Waals surface area contributed by atoms with Crippen molar-refractivity contribution in [2.45, 2.75) is 17.4 Å². The van der Waals surface area contributed by atoms with E-state index >= 15 is 0 Å². The second-order valence-corrected chi connectivity index (χ2v) is 5.78. The minimum absolute atomic E-state index is 0.0484. The Balaban J connectivity index is 2.71. The summed E-state index contributed by atoms with van der Waals surface area (Å²) in [5.74, 6) is -0.948. The van der Waals surface area contributed by atoms with Gasteiger partial charge in [0.25, 0.3) is 12.4 Å². The second-order valence-electron chi connectivity index (χ2n) is 4.68. The summed E-state index contributed by atoms with van der Waals surface area (Å²) in [5.41, 5.74) is 3.43. The molecule has 0 spiro atoms. The Labute approximate surface area is 144 Å². The van der Waals surface area contributed by atoms with Crippen LogP contribution in [0.25, 0.3) is 0 Å². The van der Waals surface area contributed by atoms with Crippen LogP contribution < -0.4 is 5.32 Å². The van der Waals surface area contributed by atoms with Gasteiger partial charge in [-0.3, -0.25) is 9.59 Å². The molecule has 1 atom stereocenters. The number of halogens is 3. The zero-order chi connectivity index (χ0) is 17.2. The number of hydrogen-bond acceptors (Lipinski definition) is 4. The molecule has 0 aromatic rings. The highest BCUT2D eigenvalue weighted by molar-refractivity contribution is 6.53. The van der Waals surface area contributed by atoms with E-state index in [0.29, 0.717) is 18.6 Å². The lowest BCUT2D eigenvalue weighted by molar-refractivity contribution is -0.135. The van der Waals surface area contributed by atoms with Crippen LogP contribution in [0.4, 0.5) is 4.39 Å². The van der Waals surface area contributed by atoms with Crippen LogP contribution in [0.5, 0.6) is 0 Å². The number of ether oxygens (including phenoxy) is 1. The van der Waals surface area contributed by atoms with Crippen molar-refractivity contribution in [3.05, 3.63) is 41.6 Å². The highest BCUT2D eigenvalue weighted by Gasteiger charge is 2.17. The molecule has 0 bridgehead atoms. The first kappa shape index (κ1) is 19.3. The van der Waals surface area contributed by atoms with Gasteiger partial charge in [-0.15, -0.1) is 0 Å². The van der Waals surface area contributed by atoms with Gasteiger partial charge in [0.05, 0.1) is 18.8 Å². The number of rotatable bonds is 8. The van der Waals surface area contributed by atoms with Gasteiger partial charge >= 0.3 is 0 Å². The Morgan fingerprint density at radius 2 is 2.35 bits per heavy atom. The van der Waals surface area contributed by atoms with Crippen LogP contribution in [-0.4, -0.2) is 48.4 Å². The molecule has 126 valence electrons. The van der Waals surface area contributed by atoms with Crippen LogP contribution in [-0.2, 0) is 14.3 Å². The lowest BCUT2D eigenvalue weighted by Crippen LogP contribution is -2.41. The molecule has 1 rings (SSSR count). The van der Waals surface area contributed by atoms with E-state index < -0.39 is 16.8 Å². The number of hydrogen-bond donors (Lipinski definition) is 1. The smallest absolute Gasteiger partial charge is 0.293 e. The number of nitrogens with zero attached hydrogens (tertiary/aromatic N) is 1. The third-order valence-corrected chi connectivity index (χ3v) is 3.32. The average molecular weight is 363 g/mol. The quantitative estimate of drug-likeness (QED) is 0.408. The average Bonchev–Trinajstić information content (AvgIpc) is 2.48. The molecule has 0 aromatic carbocycles.